The molecule has 28 heavy (non-hydrogen) atoms. The van der Waals surface area contributed by atoms with Gasteiger partial charge in [-0.15, -0.1) is 0 Å². The van der Waals surface area contributed by atoms with Crippen molar-refractivity contribution in [3.05, 3.63) is 64.2 Å². The summed E-state index contributed by atoms with van der Waals surface area (Å²) in [6.45, 7) is 2.37. The topological polar surface area (TPSA) is 67.8 Å². The minimum atomic E-state index is -0.526. The number of aliphatic imine (C=N–C) groups is 1. The van der Waals surface area contributed by atoms with Crippen LogP contribution in [0.25, 0.3) is 0 Å². The summed E-state index contributed by atoms with van der Waals surface area (Å²) >= 11 is 9.44. The number of benzene rings is 2. The lowest BCUT2D eigenvalue weighted by atomic mass is 10.1. The third-order valence-corrected chi connectivity index (χ3v) is 6.49. The molecule has 5 nitrogen and oxygen atoms in total. The molecule has 0 saturated carbocycles. The van der Waals surface area contributed by atoms with Crippen molar-refractivity contribution in [3.8, 4) is 0 Å². The number of halogens is 1. The van der Waals surface area contributed by atoms with Crippen molar-refractivity contribution in [2.45, 2.75) is 12.7 Å². The van der Waals surface area contributed by atoms with Crippen molar-refractivity contribution >= 4 is 57.1 Å². The molecule has 1 N–H and O–H groups in total. The van der Waals surface area contributed by atoms with Gasteiger partial charge < -0.3 is 10.1 Å². The lowest BCUT2D eigenvalue weighted by molar-refractivity contribution is -0.119. The Morgan fingerprint density at radius 1 is 1.29 bits per heavy atom. The molecule has 0 unspecified atom stereocenters. The number of hydrogen-bond donors (Lipinski definition) is 1. The van der Waals surface area contributed by atoms with Gasteiger partial charge in [-0.05, 0) is 36.2 Å². The molecular weight excluding hydrogens is 416 g/mol. The summed E-state index contributed by atoms with van der Waals surface area (Å²) < 4.78 is 6.24. The van der Waals surface area contributed by atoms with E-state index in [0.29, 0.717) is 22.0 Å². The number of ether oxygens (including phenoxy) is 1. The maximum absolute atomic E-state index is 12.5. The summed E-state index contributed by atoms with van der Waals surface area (Å²) in [6.07, 6.45) is 0. The average molecular weight is 435 g/mol. The fraction of sp³-hybridized carbons (Fsp3) is 0.250. The first-order chi connectivity index (χ1) is 13.5. The lowest BCUT2D eigenvalue weighted by Gasteiger charge is -2.10. The van der Waals surface area contributed by atoms with E-state index in [1.807, 2.05) is 25.1 Å². The first-order valence-corrected chi connectivity index (χ1v) is 11.0. The number of aryl methyl sites for hydroxylation is 1. The molecule has 8 heteroatoms. The second-order valence-corrected chi connectivity index (χ2v) is 8.76. The maximum atomic E-state index is 12.5. The van der Waals surface area contributed by atoms with Gasteiger partial charge in [-0.25, -0.2) is 4.79 Å². The van der Waals surface area contributed by atoms with Crippen LogP contribution in [0.1, 0.15) is 21.5 Å². The Morgan fingerprint density at radius 3 is 2.86 bits per heavy atom. The molecular formula is C20H19ClN2O3S2. The highest BCUT2D eigenvalue weighted by atomic mass is 35.5. The fourth-order valence-electron chi connectivity index (χ4n) is 2.50. The van der Waals surface area contributed by atoms with E-state index >= 15 is 0 Å². The van der Waals surface area contributed by atoms with E-state index in [4.69, 9.17) is 16.3 Å². The van der Waals surface area contributed by atoms with Gasteiger partial charge in [0, 0.05) is 11.5 Å². The Bertz CT molecular complexity index is 918. The van der Waals surface area contributed by atoms with E-state index in [2.05, 4.69) is 10.3 Å². The molecule has 146 valence electrons. The van der Waals surface area contributed by atoms with Crippen molar-refractivity contribution in [1.82, 2.24) is 0 Å². The average Bonchev–Trinajstić information content (AvgIpc) is 3.20. The number of nitrogens with one attached hydrogen (secondary N) is 1. The second-order valence-electron chi connectivity index (χ2n) is 6.05. The molecule has 1 aliphatic rings. The van der Waals surface area contributed by atoms with Crippen LogP contribution < -0.4 is 5.32 Å². The van der Waals surface area contributed by atoms with E-state index in [1.54, 1.807) is 47.8 Å². The summed E-state index contributed by atoms with van der Waals surface area (Å²) in [5.41, 5.74) is 2.79. The number of thioether (sulfide) groups is 2. The van der Waals surface area contributed by atoms with Gasteiger partial charge in [0.25, 0.3) is 5.91 Å². The van der Waals surface area contributed by atoms with Crippen LogP contribution in [0, 0.1) is 6.92 Å². The van der Waals surface area contributed by atoms with Crippen LogP contribution in [0.2, 0.25) is 5.02 Å². The third-order valence-electron chi connectivity index (χ3n) is 3.88. The minimum Gasteiger partial charge on any atom is -0.452 e. The zero-order valence-electron chi connectivity index (χ0n) is 15.2. The molecule has 0 fully saturated rings. The molecule has 0 aromatic heterocycles. The van der Waals surface area contributed by atoms with Gasteiger partial charge in [0.15, 0.2) is 6.61 Å². The quantitative estimate of drug-likeness (QED) is 0.662. The zero-order chi connectivity index (χ0) is 19.9. The second kappa shape index (κ2) is 10.0. The van der Waals surface area contributed by atoms with Crippen LogP contribution in [0.3, 0.4) is 0 Å². The maximum Gasteiger partial charge on any atom is 0.338 e. The Balaban J connectivity index is 1.56. The van der Waals surface area contributed by atoms with Crippen LogP contribution in [0.4, 0.5) is 5.69 Å². The van der Waals surface area contributed by atoms with Gasteiger partial charge in [-0.3, -0.25) is 9.79 Å². The highest BCUT2D eigenvalue weighted by Crippen LogP contribution is 2.27. The number of esters is 1. The smallest absolute Gasteiger partial charge is 0.338 e. The molecule has 1 aliphatic heterocycles. The predicted molar refractivity (Wildman–Crippen MR) is 118 cm³/mol. The molecule has 0 atom stereocenters. The molecule has 0 spiro atoms. The van der Waals surface area contributed by atoms with Crippen LogP contribution in [-0.4, -0.2) is 35.2 Å². The molecule has 0 radical (unpaired) electrons. The number of hydrogen-bond acceptors (Lipinski definition) is 6. The molecule has 2 aromatic carbocycles. The highest BCUT2D eigenvalue weighted by molar-refractivity contribution is 8.38. The SMILES string of the molecule is Cc1ccc(NC(=O)COC(=O)c2ccccc2CSC2=NCCS2)c(Cl)c1. The molecule has 1 heterocycles. The lowest BCUT2D eigenvalue weighted by Crippen LogP contribution is -2.21. The zero-order valence-corrected chi connectivity index (χ0v) is 17.6. The van der Waals surface area contributed by atoms with Gasteiger partial charge in [-0.1, -0.05) is 59.4 Å². The Hall–Kier alpha value is -1.96. The standard InChI is InChI=1S/C20H19ClN2O3S2/c1-13-6-7-17(16(21)10-13)23-18(24)11-26-19(25)15-5-3-2-4-14(15)12-28-20-22-8-9-27-20/h2-7,10H,8-9,11-12H2,1H3,(H,23,24). The van der Waals surface area contributed by atoms with Gasteiger partial charge in [0.1, 0.15) is 4.38 Å². The monoisotopic (exact) mass is 434 g/mol. The summed E-state index contributed by atoms with van der Waals surface area (Å²) in [5, 5.41) is 3.09. The van der Waals surface area contributed by atoms with E-state index in [-0.39, 0.29) is 6.61 Å². The van der Waals surface area contributed by atoms with Gasteiger partial charge in [0.2, 0.25) is 0 Å². The normalized spacial score (nSPS) is 13.1. The van der Waals surface area contributed by atoms with Crippen LogP contribution >= 0.6 is 35.1 Å². The number of rotatable bonds is 6. The van der Waals surface area contributed by atoms with E-state index in [9.17, 15) is 9.59 Å². The first-order valence-electron chi connectivity index (χ1n) is 8.64. The first kappa shape index (κ1) is 20.8. The largest absolute Gasteiger partial charge is 0.452 e. The minimum absolute atomic E-state index is 0.382. The summed E-state index contributed by atoms with van der Waals surface area (Å²) in [4.78, 5) is 29.0. The molecule has 3 rings (SSSR count). The molecule has 1 amide bonds. The molecule has 0 aliphatic carbocycles. The van der Waals surface area contributed by atoms with E-state index in [0.717, 1.165) is 27.8 Å². The third kappa shape index (κ3) is 5.77. The van der Waals surface area contributed by atoms with E-state index in [1.165, 1.54) is 0 Å². The highest BCUT2D eigenvalue weighted by Gasteiger charge is 2.16. The van der Waals surface area contributed by atoms with Crippen molar-refractivity contribution in [2.75, 3.05) is 24.2 Å². The number of amides is 1. The summed E-state index contributed by atoms with van der Waals surface area (Å²) in [5.74, 6) is 0.666. The van der Waals surface area contributed by atoms with Crippen molar-refractivity contribution in [3.63, 3.8) is 0 Å². The summed E-state index contributed by atoms with van der Waals surface area (Å²) in [7, 11) is 0. The number of anilines is 1. The van der Waals surface area contributed by atoms with Gasteiger partial charge >= 0.3 is 5.97 Å². The Labute approximate surface area is 177 Å². The van der Waals surface area contributed by atoms with Crippen molar-refractivity contribution in [1.29, 1.82) is 0 Å². The van der Waals surface area contributed by atoms with E-state index < -0.39 is 11.9 Å². The fourth-order valence-corrected chi connectivity index (χ4v) is 4.80. The van der Waals surface area contributed by atoms with Crippen LogP contribution in [0.15, 0.2) is 47.5 Å². The molecule has 0 saturated heterocycles. The van der Waals surface area contributed by atoms with Gasteiger partial charge in [-0.2, -0.15) is 0 Å². The Kier molecular flexibility index (Phi) is 7.42. The summed E-state index contributed by atoms with van der Waals surface area (Å²) in [6, 6.07) is 12.6. The number of nitrogens with zero attached hydrogens (tertiary/aromatic N) is 1. The molecule has 0 bridgehead atoms. The molecule has 2 aromatic rings. The predicted octanol–water partition coefficient (Wildman–Crippen LogP) is 4.78. The number of carbonyl (C=O) groups is 2. The number of carbonyl (C=O) groups excluding carboxylic acids is 2. The Morgan fingerprint density at radius 2 is 2.11 bits per heavy atom. The van der Waals surface area contributed by atoms with Crippen LogP contribution in [0.5, 0.6) is 0 Å². The van der Waals surface area contributed by atoms with Crippen molar-refractivity contribution < 1.29 is 14.3 Å². The van der Waals surface area contributed by atoms with Crippen molar-refractivity contribution in [2.24, 2.45) is 4.99 Å². The van der Waals surface area contributed by atoms with Crippen LogP contribution in [-0.2, 0) is 15.3 Å². The van der Waals surface area contributed by atoms with Gasteiger partial charge in [0.05, 0.1) is 22.8 Å².